The molecule has 2 aromatic heterocycles. The summed E-state index contributed by atoms with van der Waals surface area (Å²) in [7, 11) is 0. The summed E-state index contributed by atoms with van der Waals surface area (Å²) in [5, 5.41) is 16.8. The average Bonchev–Trinajstić information content (AvgIpc) is 4.29. The van der Waals surface area contributed by atoms with Crippen LogP contribution in [0.25, 0.3) is 10.9 Å². The van der Waals surface area contributed by atoms with Crippen LogP contribution in [0.2, 0.25) is 0 Å². The maximum Gasteiger partial charge on any atom is 0.245 e. The van der Waals surface area contributed by atoms with Gasteiger partial charge in [0.15, 0.2) is 17.5 Å². The van der Waals surface area contributed by atoms with Gasteiger partial charge in [-0.15, -0.1) is 0 Å². The van der Waals surface area contributed by atoms with Crippen LogP contribution in [0.5, 0.6) is 0 Å². The van der Waals surface area contributed by atoms with Crippen LogP contribution < -0.4 is 43.4 Å². The molecule has 0 bridgehead atoms. The lowest BCUT2D eigenvalue weighted by Gasteiger charge is -2.33. The van der Waals surface area contributed by atoms with Crippen LogP contribution >= 0.6 is 0 Å². The van der Waals surface area contributed by atoms with Crippen molar-refractivity contribution in [1.29, 1.82) is 0 Å². The highest BCUT2D eigenvalue weighted by Gasteiger charge is 2.44. The molecule has 12 N–H and O–H groups in total. The molecule has 80 heavy (non-hydrogen) atoms. The molecule has 0 saturated carbocycles. The molecule has 8 amide bonds. The first-order chi connectivity index (χ1) is 38.4. The third-order valence-corrected chi connectivity index (χ3v) is 14.6. The molecule has 7 rings (SSSR count). The molecule has 0 spiro atoms. The van der Waals surface area contributed by atoms with Crippen LogP contribution in [0, 0.1) is 0 Å². The quantitative estimate of drug-likeness (QED) is 0.0320. The Bertz CT molecular complexity index is 2960. The van der Waals surface area contributed by atoms with E-state index >= 15 is 4.79 Å². The predicted octanol–water partition coefficient (Wildman–Crippen LogP) is -0.816. The van der Waals surface area contributed by atoms with E-state index in [2.05, 4.69) is 51.8 Å². The van der Waals surface area contributed by atoms with Crippen molar-refractivity contribution < 1.29 is 52.7 Å². The Morgan fingerprint density at radius 2 is 1.27 bits per heavy atom. The number of imidazole rings is 1. The average molecular weight is 1100 g/mol. The summed E-state index contributed by atoms with van der Waals surface area (Å²) in [6.07, 6.45) is 4.01. The van der Waals surface area contributed by atoms with Crippen molar-refractivity contribution >= 4 is 81.5 Å². The molecule has 4 aromatic rings. The number of nitrogens with zero attached hydrogens (tertiary/aromatic N) is 4. The number of hydrogen-bond donors (Lipinski definition) is 10. The number of nitrogens with one attached hydrogen (secondary N) is 8. The van der Waals surface area contributed by atoms with E-state index in [0.29, 0.717) is 42.6 Å². The lowest BCUT2D eigenvalue weighted by Crippen LogP contribution is -2.61. The largest absolute Gasteiger partial charge is 0.370 e. The van der Waals surface area contributed by atoms with Gasteiger partial charge in [-0.1, -0.05) is 48.5 Å². The number of ketones is 3. The zero-order valence-corrected chi connectivity index (χ0v) is 44.8. The Hall–Kier alpha value is -8.77. The fourth-order valence-electron chi connectivity index (χ4n) is 10.5. The van der Waals surface area contributed by atoms with Crippen molar-refractivity contribution in [3.8, 4) is 0 Å². The van der Waals surface area contributed by atoms with Crippen LogP contribution in [-0.2, 0) is 72.0 Å². The first-order valence-electron chi connectivity index (χ1n) is 26.9. The van der Waals surface area contributed by atoms with Crippen LogP contribution in [0.4, 0.5) is 0 Å². The monoisotopic (exact) mass is 1100 g/mol. The third-order valence-electron chi connectivity index (χ3n) is 14.6. The van der Waals surface area contributed by atoms with Gasteiger partial charge in [0, 0.05) is 87.7 Å². The number of H-pyrrole nitrogens is 2. The van der Waals surface area contributed by atoms with Gasteiger partial charge in [0.1, 0.15) is 42.3 Å². The zero-order valence-electron chi connectivity index (χ0n) is 44.8. The molecule has 3 aliphatic rings. The fourth-order valence-corrected chi connectivity index (χ4v) is 10.5. The number of aromatic amines is 2. The van der Waals surface area contributed by atoms with Crippen LogP contribution in [0.15, 0.2) is 78.3 Å². The van der Waals surface area contributed by atoms with E-state index in [1.807, 2.05) is 18.2 Å². The molecule has 0 unspecified atom stereocenters. The fraction of sp³-hybridized carbons (Fsp3) is 0.473. The summed E-state index contributed by atoms with van der Waals surface area (Å²) < 4.78 is 0. The number of aliphatic imine (C=N–C) groups is 1. The minimum absolute atomic E-state index is 0.0327. The molecular weight excluding hydrogens is 1030 g/mol. The van der Waals surface area contributed by atoms with Crippen molar-refractivity contribution in [2.24, 2.45) is 16.5 Å². The van der Waals surface area contributed by atoms with Gasteiger partial charge >= 0.3 is 0 Å². The van der Waals surface area contributed by atoms with Gasteiger partial charge in [-0.3, -0.25) is 57.7 Å². The molecule has 25 heteroatoms. The molecule has 25 nitrogen and oxygen atoms in total. The molecule has 3 aliphatic heterocycles. The number of rotatable bonds is 14. The maximum atomic E-state index is 15.1. The topological polar surface area (TPSA) is 375 Å². The molecule has 0 radical (unpaired) electrons. The summed E-state index contributed by atoms with van der Waals surface area (Å²) in [4.78, 5) is 172. The van der Waals surface area contributed by atoms with Crippen molar-refractivity contribution in [3.05, 3.63) is 90.1 Å². The van der Waals surface area contributed by atoms with E-state index in [9.17, 15) is 47.9 Å². The Balaban J connectivity index is 1.28. The predicted molar refractivity (Wildman–Crippen MR) is 290 cm³/mol. The number of carbonyl (C=O) groups excluding carboxylic acids is 11. The van der Waals surface area contributed by atoms with E-state index in [-0.39, 0.29) is 76.2 Å². The van der Waals surface area contributed by atoms with E-state index in [4.69, 9.17) is 11.5 Å². The molecule has 3 saturated heterocycles. The lowest BCUT2D eigenvalue weighted by atomic mass is 9.99. The number of carbonyl (C=O) groups is 11. The SMILES string of the molecule is CC(=O)N[C@H]1CC(=O)C(=O)CCC[C@@H](C(=O)N2CCC[C@H]2C(=O)N2CCC[C@H]2C(C)=O)NC(=O)[C@H](Cc2c[nH]c3ccccc23)NC(=O)[C@H](CCCN=C(N)N)NC(=O)[C@@H](Cc2ccccc2)NC(=O)[C@H](Cc2cnc[nH]2)NC1=O. The number of guanidine groups is 1. The Morgan fingerprint density at radius 1 is 0.662 bits per heavy atom. The molecule has 5 heterocycles. The standard InChI is InChI=1S/C55H70N14O11/c1-31(70)44-18-10-22-68(44)54(80)45-19-11-23-69(45)53(79)39-16-8-20-46(72)47(73)27-43(62-32(2)71)52(78)67-42(26-35-29-58-30-61-35)51(77)65-40(24-33-12-4-3-5-13-33)49(75)63-38(17-9-21-59-55(56)57)48(74)66-41(50(76)64-39)25-34-28-60-37-15-7-6-14-36(34)37/h3-7,12-15,28-30,38-45,60H,8-11,16-27H2,1-2H3,(H,58,61)(H,62,71)(H,63,75)(H,64,76)(H,65,77)(H,66,74)(H,67,78)(H4,56,57,59)/t38-,39-,40+,41-,42-,43-,44-,45-/m0/s1. The smallest absolute Gasteiger partial charge is 0.245 e. The van der Waals surface area contributed by atoms with E-state index in [1.165, 1.54) is 29.2 Å². The third kappa shape index (κ3) is 15.7. The minimum Gasteiger partial charge on any atom is -0.370 e. The number of fused-ring (bicyclic) bond motifs is 1. The molecule has 0 aliphatic carbocycles. The molecule has 426 valence electrons. The van der Waals surface area contributed by atoms with Crippen molar-refractivity contribution in [3.63, 3.8) is 0 Å². The summed E-state index contributed by atoms with van der Waals surface area (Å²) in [6.45, 7) is 2.98. The number of likely N-dealkylation sites (tertiary alicyclic amines) is 2. The second kappa shape index (κ2) is 27.7. The number of amides is 8. The highest BCUT2D eigenvalue weighted by atomic mass is 16.2. The molecule has 8 atom stereocenters. The first-order valence-corrected chi connectivity index (χ1v) is 26.9. The van der Waals surface area contributed by atoms with Gasteiger partial charge in [-0.05, 0) is 75.5 Å². The first kappa shape index (κ1) is 58.9. The Morgan fingerprint density at radius 3 is 1.95 bits per heavy atom. The van der Waals surface area contributed by atoms with Crippen LogP contribution in [0.3, 0.4) is 0 Å². The van der Waals surface area contributed by atoms with E-state index in [0.717, 1.165) is 17.8 Å². The number of Topliss-reactive ketones (excluding diaryl/α,β-unsaturated/α-hetero) is 3. The van der Waals surface area contributed by atoms with E-state index < -0.39 is 120 Å². The van der Waals surface area contributed by atoms with Gasteiger partial charge in [0.05, 0.1) is 12.4 Å². The van der Waals surface area contributed by atoms with Gasteiger partial charge < -0.3 is 63.1 Å². The molecular formula is C55H70N14O11. The van der Waals surface area contributed by atoms with Crippen molar-refractivity contribution in [2.75, 3.05) is 19.6 Å². The van der Waals surface area contributed by atoms with Gasteiger partial charge in [-0.2, -0.15) is 0 Å². The summed E-state index contributed by atoms with van der Waals surface area (Å²) in [5.74, 6) is -8.70. The zero-order chi connectivity index (χ0) is 57.5. The van der Waals surface area contributed by atoms with Gasteiger partial charge in [0.25, 0.3) is 0 Å². The highest BCUT2D eigenvalue weighted by molar-refractivity contribution is 6.37. The number of nitrogens with two attached hydrogens (primary N) is 2. The molecule has 2 aromatic carbocycles. The van der Waals surface area contributed by atoms with Crippen LogP contribution in [0.1, 0.15) is 94.9 Å². The normalized spacial score (nSPS) is 24.1. The summed E-state index contributed by atoms with van der Waals surface area (Å²) >= 11 is 0. The van der Waals surface area contributed by atoms with Gasteiger partial charge in [0.2, 0.25) is 53.0 Å². The highest BCUT2D eigenvalue weighted by Crippen LogP contribution is 2.27. The number of aromatic nitrogens is 3. The second-order valence-electron chi connectivity index (χ2n) is 20.5. The van der Waals surface area contributed by atoms with Crippen LogP contribution in [-0.4, -0.2) is 163 Å². The lowest BCUT2D eigenvalue weighted by molar-refractivity contribution is -0.147. The summed E-state index contributed by atoms with van der Waals surface area (Å²) in [6, 6.07) is 5.37. The van der Waals surface area contributed by atoms with Crippen molar-refractivity contribution in [2.45, 2.75) is 146 Å². The maximum absolute atomic E-state index is 15.1. The second-order valence-corrected chi connectivity index (χ2v) is 20.5. The molecule has 3 fully saturated rings. The van der Waals surface area contributed by atoms with E-state index in [1.54, 1.807) is 42.6 Å². The number of hydrogen-bond acceptors (Lipinski definition) is 13. The Labute approximate surface area is 461 Å². The minimum atomic E-state index is -1.66. The number of benzene rings is 2. The number of para-hydroxylation sites is 1. The van der Waals surface area contributed by atoms with Gasteiger partial charge in [-0.25, -0.2) is 4.98 Å². The van der Waals surface area contributed by atoms with Crippen molar-refractivity contribution in [1.82, 2.24) is 56.7 Å². The Kier molecular flexibility index (Phi) is 20.4. The summed E-state index contributed by atoms with van der Waals surface area (Å²) in [5.41, 5.74) is 13.5.